The van der Waals surface area contributed by atoms with Gasteiger partial charge >= 0.3 is 6.03 Å². The van der Waals surface area contributed by atoms with Gasteiger partial charge in [-0.2, -0.15) is 0 Å². The van der Waals surface area contributed by atoms with Crippen LogP contribution in [0.5, 0.6) is 0 Å². The topological polar surface area (TPSA) is 116 Å². The number of hydrogen-bond donors (Lipinski definition) is 4. The third-order valence-electron chi connectivity index (χ3n) is 11.0. The molecule has 7 nitrogen and oxygen atoms in total. The third kappa shape index (κ3) is 4.40. The van der Waals surface area contributed by atoms with Crippen molar-refractivity contribution < 1.29 is 23.4 Å². The van der Waals surface area contributed by atoms with Gasteiger partial charge in [-0.3, -0.25) is 0 Å². The van der Waals surface area contributed by atoms with Gasteiger partial charge in [-0.05, 0) is 97.2 Å². The van der Waals surface area contributed by atoms with Crippen molar-refractivity contribution in [3.63, 3.8) is 0 Å². The Hall–Kier alpha value is -0.860. The Balaban J connectivity index is 1.52. The predicted molar refractivity (Wildman–Crippen MR) is 132 cm³/mol. The molecule has 4 N–H and O–H groups in total. The summed E-state index contributed by atoms with van der Waals surface area (Å²) in [7, 11) is -3.57. The number of carbonyl (C=O) groups is 1. The fourth-order valence-corrected chi connectivity index (χ4v) is 9.94. The molecule has 3 unspecified atom stereocenters. The fourth-order valence-electron chi connectivity index (χ4n) is 9.53. The summed E-state index contributed by atoms with van der Waals surface area (Å²) in [4.78, 5) is 12.0. The van der Waals surface area contributed by atoms with Crippen LogP contribution < -0.4 is 10.0 Å². The number of sulfonamides is 1. The van der Waals surface area contributed by atoms with Gasteiger partial charge in [-0.25, -0.2) is 17.9 Å². The molecule has 0 bridgehead atoms. The van der Waals surface area contributed by atoms with Crippen molar-refractivity contribution in [1.82, 2.24) is 10.0 Å². The van der Waals surface area contributed by atoms with Crippen LogP contribution in [0, 0.1) is 52.3 Å². The molecule has 4 fully saturated rings. The molecule has 196 valence electrons. The minimum atomic E-state index is -3.57. The standard InChI is InChI=1S/C26H46N2O5S/c1-6-17-21-13-16(29)9-11-26(21,4)20-10-12-25(3)18(7-8-19(25)22(20)23(17)30)15(2)14-27-24(31)28-34(5,32)33/h15-23,29-30H,6-14H2,1-5H3,(H2,27,28,31)/t15-,16-,17-,18-,19?,20?,21?,22+,23-,25-,26-/m1/s1. The molecule has 8 heteroatoms. The second-order valence-corrected chi connectivity index (χ2v) is 14.4. The molecule has 4 aliphatic rings. The summed E-state index contributed by atoms with van der Waals surface area (Å²) in [5, 5.41) is 25.0. The number of aliphatic hydroxyl groups is 2. The SMILES string of the molecule is CC[C@@H]1C2C[C@H](O)CC[C@]2(C)C2CC[C@@]3(C)C(CC[C@@H]3[C@H](C)CNC(=O)NS(C)(=O)=O)[C@@H]2[C@@H]1O. The fraction of sp³-hybridized carbons (Fsp3) is 0.962. The number of hydrogen-bond acceptors (Lipinski definition) is 5. The van der Waals surface area contributed by atoms with Crippen LogP contribution in [0.3, 0.4) is 0 Å². The lowest BCUT2D eigenvalue weighted by molar-refractivity contribution is -0.203. The molecule has 34 heavy (non-hydrogen) atoms. The average Bonchev–Trinajstić information content (AvgIpc) is 3.09. The second-order valence-electron chi connectivity index (χ2n) is 12.7. The van der Waals surface area contributed by atoms with Crippen molar-refractivity contribution in [2.75, 3.05) is 12.8 Å². The summed E-state index contributed by atoms with van der Waals surface area (Å²) in [6.07, 6.45) is 8.63. The number of amides is 2. The zero-order valence-electron chi connectivity index (χ0n) is 21.6. The average molecular weight is 499 g/mol. The van der Waals surface area contributed by atoms with E-state index in [0.29, 0.717) is 36.1 Å². The summed E-state index contributed by atoms with van der Waals surface area (Å²) in [6.45, 7) is 9.67. The van der Waals surface area contributed by atoms with Crippen LogP contribution in [0.2, 0.25) is 0 Å². The first-order valence-electron chi connectivity index (χ1n) is 13.4. The van der Waals surface area contributed by atoms with E-state index in [9.17, 15) is 23.4 Å². The molecule has 0 saturated heterocycles. The Morgan fingerprint density at radius 2 is 1.68 bits per heavy atom. The lowest BCUT2D eigenvalue weighted by Crippen LogP contribution is -2.62. The van der Waals surface area contributed by atoms with E-state index in [4.69, 9.17) is 0 Å². The molecule has 2 amide bonds. The van der Waals surface area contributed by atoms with Crippen molar-refractivity contribution in [2.45, 2.75) is 91.3 Å². The number of urea groups is 1. The van der Waals surface area contributed by atoms with Crippen molar-refractivity contribution in [1.29, 1.82) is 0 Å². The Morgan fingerprint density at radius 1 is 1.03 bits per heavy atom. The highest BCUT2D eigenvalue weighted by atomic mass is 32.2. The maximum Gasteiger partial charge on any atom is 0.328 e. The summed E-state index contributed by atoms with van der Waals surface area (Å²) >= 11 is 0. The van der Waals surface area contributed by atoms with E-state index in [1.807, 2.05) is 4.72 Å². The summed E-state index contributed by atoms with van der Waals surface area (Å²) < 4.78 is 24.7. The molecule has 4 rings (SSSR count). The van der Waals surface area contributed by atoms with Crippen LogP contribution in [0.15, 0.2) is 0 Å². The first-order valence-corrected chi connectivity index (χ1v) is 15.3. The van der Waals surface area contributed by atoms with Gasteiger partial charge in [0.2, 0.25) is 10.0 Å². The van der Waals surface area contributed by atoms with Gasteiger partial charge in [0.25, 0.3) is 0 Å². The maximum absolute atomic E-state index is 12.0. The lowest BCUT2D eigenvalue weighted by Gasteiger charge is -2.64. The van der Waals surface area contributed by atoms with Crippen molar-refractivity contribution in [3.8, 4) is 0 Å². The lowest BCUT2D eigenvalue weighted by atomic mass is 9.41. The molecular formula is C26H46N2O5S. The molecule has 0 aromatic heterocycles. The summed E-state index contributed by atoms with van der Waals surface area (Å²) in [6, 6.07) is -0.662. The van der Waals surface area contributed by atoms with Gasteiger partial charge in [0, 0.05) is 6.54 Å². The van der Waals surface area contributed by atoms with Crippen molar-refractivity contribution >= 4 is 16.1 Å². The van der Waals surface area contributed by atoms with E-state index in [2.05, 4.69) is 33.0 Å². The minimum absolute atomic E-state index is 0.117. The molecule has 0 spiro atoms. The smallest absolute Gasteiger partial charge is 0.328 e. The number of aliphatic hydroxyl groups excluding tert-OH is 2. The molecule has 11 atom stereocenters. The second kappa shape index (κ2) is 9.22. The first-order chi connectivity index (χ1) is 15.8. The zero-order valence-corrected chi connectivity index (χ0v) is 22.4. The quantitative estimate of drug-likeness (QED) is 0.463. The Morgan fingerprint density at radius 3 is 2.32 bits per heavy atom. The predicted octanol–water partition coefficient (Wildman–Crippen LogP) is 3.51. The van der Waals surface area contributed by atoms with Crippen LogP contribution in [0.1, 0.15) is 79.1 Å². The molecule has 0 aliphatic heterocycles. The van der Waals surface area contributed by atoms with Crippen molar-refractivity contribution in [3.05, 3.63) is 0 Å². The van der Waals surface area contributed by atoms with Gasteiger partial charge in [0.1, 0.15) is 0 Å². The summed E-state index contributed by atoms with van der Waals surface area (Å²) in [5.74, 6) is 2.59. The molecular weight excluding hydrogens is 452 g/mol. The Kier molecular flexibility index (Phi) is 7.11. The van der Waals surface area contributed by atoms with Crippen LogP contribution >= 0.6 is 0 Å². The van der Waals surface area contributed by atoms with Crippen LogP contribution in [-0.4, -0.2) is 49.7 Å². The van der Waals surface area contributed by atoms with E-state index in [-0.39, 0.29) is 34.9 Å². The van der Waals surface area contributed by atoms with Crippen LogP contribution in [0.25, 0.3) is 0 Å². The number of fused-ring (bicyclic) bond motifs is 5. The minimum Gasteiger partial charge on any atom is -0.393 e. The highest BCUT2D eigenvalue weighted by Crippen LogP contribution is 2.69. The number of carbonyl (C=O) groups excluding carboxylic acids is 1. The maximum atomic E-state index is 12.0. The third-order valence-corrected chi connectivity index (χ3v) is 11.6. The first kappa shape index (κ1) is 26.2. The van der Waals surface area contributed by atoms with Gasteiger partial charge in [0.15, 0.2) is 0 Å². The molecule has 0 aromatic rings. The normalized spacial score (nSPS) is 47.1. The van der Waals surface area contributed by atoms with E-state index >= 15 is 0 Å². The molecule has 4 aliphatic carbocycles. The summed E-state index contributed by atoms with van der Waals surface area (Å²) in [5.41, 5.74) is 0.312. The van der Waals surface area contributed by atoms with Gasteiger partial charge in [-0.1, -0.05) is 34.1 Å². The monoisotopic (exact) mass is 498 g/mol. The van der Waals surface area contributed by atoms with Crippen LogP contribution in [-0.2, 0) is 10.0 Å². The van der Waals surface area contributed by atoms with Gasteiger partial charge in [0.05, 0.1) is 18.5 Å². The highest BCUT2D eigenvalue weighted by Gasteiger charge is 2.64. The highest BCUT2D eigenvalue weighted by molar-refractivity contribution is 7.89. The Bertz CT molecular complexity index is 880. The molecule has 0 heterocycles. The van der Waals surface area contributed by atoms with E-state index in [0.717, 1.165) is 57.6 Å². The molecule has 4 saturated carbocycles. The zero-order chi connectivity index (χ0) is 25.1. The van der Waals surface area contributed by atoms with Crippen LogP contribution in [0.4, 0.5) is 4.79 Å². The Labute approximate surface area is 205 Å². The van der Waals surface area contributed by atoms with Crippen molar-refractivity contribution in [2.24, 2.45) is 52.3 Å². The number of rotatable bonds is 5. The molecule has 0 aromatic carbocycles. The number of nitrogens with one attached hydrogen (secondary N) is 2. The van der Waals surface area contributed by atoms with Gasteiger partial charge < -0.3 is 15.5 Å². The van der Waals surface area contributed by atoms with E-state index in [1.54, 1.807) is 0 Å². The molecule has 0 radical (unpaired) electrons. The van der Waals surface area contributed by atoms with E-state index in [1.165, 1.54) is 0 Å². The van der Waals surface area contributed by atoms with Gasteiger partial charge in [-0.15, -0.1) is 0 Å². The largest absolute Gasteiger partial charge is 0.393 e. The van der Waals surface area contributed by atoms with E-state index < -0.39 is 16.1 Å².